The molecular weight excluding hydrogens is 259 g/mol. The van der Waals surface area contributed by atoms with Crippen LogP contribution in [0, 0.1) is 5.13 Å². The first-order valence-electron chi connectivity index (χ1n) is 4.04. The van der Waals surface area contributed by atoms with E-state index in [1.165, 1.54) is 6.07 Å². The van der Waals surface area contributed by atoms with Gasteiger partial charge in [-0.05, 0) is 29.1 Å². The predicted octanol–water partition coefficient (Wildman–Crippen LogP) is 3.11. The predicted molar refractivity (Wildman–Crippen MR) is 60.3 cm³/mol. The zero-order chi connectivity index (χ0) is 11.1. The molecule has 1 heterocycles. The maximum atomic E-state index is 12.9. The van der Waals surface area contributed by atoms with Gasteiger partial charge >= 0.3 is 0 Å². The zero-order valence-electron chi connectivity index (χ0n) is 7.41. The summed E-state index contributed by atoms with van der Waals surface area (Å²) < 4.78 is 35.3. The Labute approximate surface area is 94.7 Å². The van der Waals surface area contributed by atoms with Crippen molar-refractivity contribution in [1.82, 2.24) is 0 Å². The van der Waals surface area contributed by atoms with Crippen LogP contribution in [0.15, 0.2) is 24.3 Å². The molecule has 15 heavy (non-hydrogen) atoms. The number of benzene rings is 1. The van der Waals surface area contributed by atoms with E-state index in [4.69, 9.17) is 10.7 Å². The van der Waals surface area contributed by atoms with Crippen LogP contribution < -0.4 is 0 Å². The summed E-state index contributed by atoms with van der Waals surface area (Å²) >= 11 is 1.03. The first-order chi connectivity index (χ1) is 6.94. The molecule has 0 amide bonds. The average Bonchev–Trinajstić information content (AvgIpc) is 2.40. The van der Waals surface area contributed by atoms with Crippen LogP contribution in [0.3, 0.4) is 0 Å². The van der Waals surface area contributed by atoms with Crippen LogP contribution in [0.25, 0.3) is 10.1 Å². The van der Waals surface area contributed by atoms with E-state index in [9.17, 15) is 12.8 Å². The second-order valence-corrected chi connectivity index (χ2v) is 6.92. The molecule has 2 aromatic rings. The van der Waals surface area contributed by atoms with Crippen LogP contribution in [-0.4, -0.2) is 8.42 Å². The van der Waals surface area contributed by atoms with Crippen molar-refractivity contribution in [2.24, 2.45) is 0 Å². The highest BCUT2D eigenvalue weighted by Gasteiger charge is 2.08. The second kappa shape index (κ2) is 3.73. The molecular formula is C9H6ClFO2S2. The molecule has 1 aromatic carbocycles. The molecule has 0 N–H and O–H groups in total. The lowest BCUT2D eigenvalue weighted by molar-refractivity contribution is 0.609. The third-order valence-electron chi connectivity index (χ3n) is 1.89. The molecule has 1 aromatic heterocycles. The topological polar surface area (TPSA) is 34.1 Å². The number of rotatable bonds is 2. The second-order valence-electron chi connectivity index (χ2n) is 3.11. The Morgan fingerprint density at radius 1 is 1.33 bits per heavy atom. The van der Waals surface area contributed by atoms with Crippen molar-refractivity contribution >= 4 is 41.2 Å². The summed E-state index contributed by atoms with van der Waals surface area (Å²) in [7, 11) is 1.57. The van der Waals surface area contributed by atoms with Gasteiger partial charge in [-0.1, -0.05) is 6.07 Å². The first kappa shape index (κ1) is 10.9. The molecule has 2 nitrogen and oxygen atoms in total. The normalized spacial score (nSPS) is 12.1. The van der Waals surface area contributed by atoms with Gasteiger partial charge in [0.1, 0.15) is 0 Å². The van der Waals surface area contributed by atoms with E-state index in [1.807, 2.05) is 0 Å². The van der Waals surface area contributed by atoms with Gasteiger partial charge in [0.2, 0.25) is 9.05 Å². The minimum atomic E-state index is -3.56. The monoisotopic (exact) mass is 264 g/mol. The lowest BCUT2D eigenvalue weighted by Crippen LogP contribution is -1.94. The summed E-state index contributed by atoms with van der Waals surface area (Å²) in [4.78, 5) is 0. The molecule has 0 saturated carbocycles. The van der Waals surface area contributed by atoms with Crippen LogP contribution in [-0.2, 0) is 14.8 Å². The molecule has 0 bridgehead atoms. The van der Waals surface area contributed by atoms with Gasteiger partial charge in [-0.3, -0.25) is 0 Å². The van der Waals surface area contributed by atoms with Gasteiger partial charge in [0.15, 0.2) is 5.13 Å². The van der Waals surface area contributed by atoms with Crippen molar-refractivity contribution in [2.45, 2.75) is 5.75 Å². The molecule has 0 radical (unpaired) electrons. The molecule has 0 atom stereocenters. The first-order valence-corrected chi connectivity index (χ1v) is 7.34. The van der Waals surface area contributed by atoms with E-state index in [0.29, 0.717) is 10.9 Å². The summed E-state index contributed by atoms with van der Waals surface area (Å²) in [6.45, 7) is 0. The lowest BCUT2D eigenvalue weighted by Gasteiger charge is -1.97. The largest absolute Gasteiger partial charge is 0.236 e. The summed E-state index contributed by atoms with van der Waals surface area (Å²) in [6, 6.07) is 6.35. The summed E-state index contributed by atoms with van der Waals surface area (Å²) in [5.74, 6) is -0.234. The molecule has 2 rings (SSSR count). The van der Waals surface area contributed by atoms with Crippen LogP contribution in [0.1, 0.15) is 5.56 Å². The van der Waals surface area contributed by atoms with Gasteiger partial charge in [0.25, 0.3) is 0 Å². The van der Waals surface area contributed by atoms with Gasteiger partial charge < -0.3 is 0 Å². The molecule has 0 unspecified atom stereocenters. The number of hydrogen-bond acceptors (Lipinski definition) is 3. The van der Waals surface area contributed by atoms with Gasteiger partial charge in [-0.25, -0.2) is 8.42 Å². The van der Waals surface area contributed by atoms with Crippen molar-refractivity contribution in [3.63, 3.8) is 0 Å². The Balaban J connectivity index is 2.47. The molecule has 0 spiro atoms. The Hall–Kier alpha value is -0.650. The maximum Gasteiger partial charge on any atom is 0.236 e. The Morgan fingerprint density at radius 2 is 2.07 bits per heavy atom. The van der Waals surface area contributed by atoms with Crippen LogP contribution in [0.5, 0.6) is 0 Å². The van der Waals surface area contributed by atoms with Crippen LogP contribution >= 0.6 is 22.0 Å². The molecule has 0 aliphatic rings. The van der Waals surface area contributed by atoms with E-state index in [0.717, 1.165) is 16.0 Å². The highest BCUT2D eigenvalue weighted by molar-refractivity contribution is 8.13. The van der Waals surface area contributed by atoms with Crippen molar-refractivity contribution in [1.29, 1.82) is 0 Å². The highest BCUT2D eigenvalue weighted by atomic mass is 35.7. The number of fused-ring (bicyclic) bond motifs is 1. The number of halogens is 2. The molecule has 0 fully saturated rings. The molecule has 0 saturated heterocycles. The third-order valence-corrected chi connectivity index (χ3v) is 3.80. The number of hydrogen-bond donors (Lipinski definition) is 0. The van der Waals surface area contributed by atoms with Gasteiger partial charge in [0, 0.05) is 15.4 Å². The van der Waals surface area contributed by atoms with Gasteiger partial charge in [-0.15, -0.1) is 11.3 Å². The summed E-state index contributed by atoms with van der Waals surface area (Å²) in [5.41, 5.74) is 0.565. The van der Waals surface area contributed by atoms with E-state index >= 15 is 0 Å². The fourth-order valence-electron chi connectivity index (χ4n) is 1.35. The Kier molecular flexibility index (Phi) is 2.70. The Bertz CT molecular complexity index is 604. The number of thiophene rings is 1. The smallest absolute Gasteiger partial charge is 0.212 e. The molecule has 6 heteroatoms. The van der Waals surface area contributed by atoms with E-state index in [-0.39, 0.29) is 10.9 Å². The molecule has 0 aliphatic heterocycles. The van der Waals surface area contributed by atoms with Gasteiger partial charge in [-0.2, -0.15) is 4.39 Å². The summed E-state index contributed by atoms with van der Waals surface area (Å²) in [6.07, 6.45) is 0. The molecule has 80 valence electrons. The highest BCUT2D eigenvalue weighted by Crippen LogP contribution is 2.26. The third kappa shape index (κ3) is 2.68. The van der Waals surface area contributed by atoms with Gasteiger partial charge in [0.05, 0.1) is 5.75 Å². The maximum absolute atomic E-state index is 12.9. The SMILES string of the molecule is O=S(=O)(Cl)Cc1ccc2sc(F)cc2c1. The van der Waals surface area contributed by atoms with Crippen molar-refractivity contribution in [3.8, 4) is 0 Å². The molecule has 0 aliphatic carbocycles. The fourth-order valence-corrected chi connectivity index (χ4v) is 3.07. The van der Waals surface area contributed by atoms with E-state index in [2.05, 4.69) is 0 Å². The lowest BCUT2D eigenvalue weighted by atomic mass is 10.2. The quantitative estimate of drug-likeness (QED) is 0.781. The fraction of sp³-hybridized carbons (Fsp3) is 0.111. The minimum absolute atomic E-state index is 0.234. The standard InChI is InChI=1S/C9H6ClFO2S2/c10-15(12,13)5-6-1-2-8-7(3-6)4-9(11)14-8/h1-4H,5H2. The minimum Gasteiger partial charge on any atom is -0.212 e. The van der Waals surface area contributed by atoms with Crippen molar-refractivity contribution in [3.05, 3.63) is 35.0 Å². The van der Waals surface area contributed by atoms with E-state index in [1.54, 1.807) is 18.2 Å². The van der Waals surface area contributed by atoms with E-state index < -0.39 is 9.05 Å². The van der Waals surface area contributed by atoms with Crippen LogP contribution in [0.2, 0.25) is 0 Å². The van der Waals surface area contributed by atoms with Crippen molar-refractivity contribution < 1.29 is 12.8 Å². The summed E-state index contributed by atoms with van der Waals surface area (Å²) in [5, 5.41) is 0.422. The average molecular weight is 265 g/mol. The van der Waals surface area contributed by atoms with Crippen molar-refractivity contribution in [2.75, 3.05) is 0 Å². The zero-order valence-corrected chi connectivity index (χ0v) is 9.79. The van der Waals surface area contributed by atoms with Crippen LogP contribution in [0.4, 0.5) is 4.39 Å². The Morgan fingerprint density at radius 3 is 2.73 bits per heavy atom.